The van der Waals surface area contributed by atoms with Gasteiger partial charge in [0.05, 0.1) is 0 Å². The summed E-state index contributed by atoms with van der Waals surface area (Å²) >= 11 is 0. The first-order valence-electron chi connectivity index (χ1n) is 1.32. The third-order valence-corrected chi connectivity index (χ3v) is 0.282. The molecule has 0 radical (unpaired) electrons. The second kappa shape index (κ2) is 4.25. The topological polar surface area (TPSA) is 49.0 Å². The Hall–Kier alpha value is 0.0900. The summed E-state index contributed by atoms with van der Waals surface area (Å²) in [4.78, 5) is 16.2. The van der Waals surface area contributed by atoms with Crippen LogP contribution in [0.25, 0.3) is 0 Å². The Kier molecular flexibility index (Phi) is 4.31. The molecular formula is CH4ClNO4. The summed E-state index contributed by atoms with van der Waals surface area (Å²) in [6.07, 6.45) is 0. The summed E-state index contributed by atoms with van der Waals surface area (Å²) < 4.78 is 0. The third-order valence-electron chi connectivity index (χ3n) is 0.282. The van der Waals surface area contributed by atoms with Gasteiger partial charge in [-0.15, -0.1) is 22.4 Å². The Morgan fingerprint density at radius 1 is 1.14 bits per heavy atom. The Labute approximate surface area is 45.7 Å². The van der Waals surface area contributed by atoms with E-state index in [9.17, 15) is 0 Å². The summed E-state index contributed by atoms with van der Waals surface area (Å²) in [5.74, 6) is 0. The van der Waals surface area contributed by atoms with Gasteiger partial charge in [-0.3, -0.25) is 0 Å². The molecule has 1 rings (SSSR count). The van der Waals surface area contributed by atoms with E-state index in [0.717, 1.165) is 0 Å². The number of hydrogen-bond acceptors (Lipinski definition) is 5. The van der Waals surface area contributed by atoms with Gasteiger partial charge in [0.2, 0.25) is 6.79 Å². The first-order chi connectivity index (χ1) is 3.00. The molecular weight excluding hydrogens is 125 g/mol. The standard InChI is InChI=1S/CH3NO4.ClH/c1-3-5-2-6-4-1;/h2H,1H2;1H. The van der Waals surface area contributed by atoms with Crippen LogP contribution in [0.15, 0.2) is 0 Å². The van der Waals surface area contributed by atoms with Crippen molar-refractivity contribution in [3.05, 3.63) is 0 Å². The highest BCUT2D eigenvalue weighted by Gasteiger charge is 1.95. The molecule has 1 saturated heterocycles. The van der Waals surface area contributed by atoms with E-state index in [1.165, 1.54) is 0 Å². The molecule has 0 saturated carbocycles. The van der Waals surface area contributed by atoms with Crippen molar-refractivity contribution in [1.29, 1.82) is 0 Å². The smallest absolute Gasteiger partial charge is 0.184 e. The Morgan fingerprint density at radius 2 is 1.71 bits per heavy atom. The van der Waals surface area contributed by atoms with E-state index < -0.39 is 0 Å². The number of halogens is 1. The average molecular weight is 129 g/mol. The van der Waals surface area contributed by atoms with Gasteiger partial charge in [-0.1, -0.05) is 0 Å². The van der Waals surface area contributed by atoms with Crippen LogP contribution in [-0.2, 0) is 19.8 Å². The minimum Gasteiger partial charge on any atom is -0.184 e. The van der Waals surface area contributed by atoms with Crippen molar-refractivity contribution in [3.63, 3.8) is 0 Å². The molecule has 44 valence electrons. The predicted octanol–water partition coefficient (Wildman–Crippen LogP) is -0.305. The van der Waals surface area contributed by atoms with Crippen LogP contribution in [0.3, 0.4) is 0 Å². The van der Waals surface area contributed by atoms with Gasteiger partial charge in [-0.25, -0.2) is 0 Å². The lowest BCUT2D eigenvalue weighted by Gasteiger charge is -2.07. The number of rotatable bonds is 0. The maximum absolute atomic E-state index is 4.11. The lowest BCUT2D eigenvalue weighted by molar-refractivity contribution is -0.579. The monoisotopic (exact) mass is 129 g/mol. The first kappa shape index (κ1) is 7.09. The Bertz CT molecular complexity index is 27.2. The lowest BCUT2D eigenvalue weighted by atomic mass is 11.5. The van der Waals surface area contributed by atoms with Gasteiger partial charge in [0.25, 0.3) is 0 Å². The SMILES string of the molecule is C1OONOO1.Cl. The van der Waals surface area contributed by atoms with Crippen molar-refractivity contribution in [2.75, 3.05) is 6.79 Å². The molecule has 0 atom stereocenters. The molecule has 0 aromatic carbocycles. The van der Waals surface area contributed by atoms with Crippen molar-refractivity contribution in [3.8, 4) is 0 Å². The molecule has 1 heterocycles. The van der Waals surface area contributed by atoms with Crippen molar-refractivity contribution in [1.82, 2.24) is 5.64 Å². The van der Waals surface area contributed by atoms with E-state index in [4.69, 9.17) is 0 Å². The summed E-state index contributed by atoms with van der Waals surface area (Å²) in [6.45, 7) is -0.00694. The van der Waals surface area contributed by atoms with Crippen LogP contribution < -0.4 is 5.64 Å². The first-order valence-corrected chi connectivity index (χ1v) is 1.32. The van der Waals surface area contributed by atoms with Crippen molar-refractivity contribution < 1.29 is 19.8 Å². The third kappa shape index (κ3) is 2.75. The van der Waals surface area contributed by atoms with Gasteiger partial charge in [-0.2, -0.15) is 9.78 Å². The summed E-state index contributed by atoms with van der Waals surface area (Å²) in [5, 5.41) is 0. The van der Waals surface area contributed by atoms with E-state index in [0.29, 0.717) is 0 Å². The summed E-state index contributed by atoms with van der Waals surface area (Å²) in [7, 11) is 0. The highest BCUT2D eigenvalue weighted by atomic mass is 35.5. The largest absolute Gasteiger partial charge is 0.218 e. The van der Waals surface area contributed by atoms with Gasteiger partial charge in [0, 0.05) is 0 Å². The lowest BCUT2D eigenvalue weighted by Crippen LogP contribution is -2.23. The van der Waals surface area contributed by atoms with Gasteiger partial charge in [-0.05, 0) is 5.64 Å². The Balaban J connectivity index is 0.000000360. The molecule has 5 nitrogen and oxygen atoms in total. The van der Waals surface area contributed by atoms with Gasteiger partial charge >= 0.3 is 0 Å². The van der Waals surface area contributed by atoms with Gasteiger partial charge < -0.3 is 0 Å². The molecule has 0 amide bonds. The second-order valence-electron chi connectivity index (χ2n) is 0.604. The maximum atomic E-state index is 4.11. The molecule has 1 N–H and O–H groups in total. The van der Waals surface area contributed by atoms with E-state index >= 15 is 0 Å². The van der Waals surface area contributed by atoms with Crippen molar-refractivity contribution >= 4 is 12.4 Å². The number of hydrogen-bond donors (Lipinski definition) is 1. The van der Waals surface area contributed by atoms with Gasteiger partial charge in [0.1, 0.15) is 0 Å². The van der Waals surface area contributed by atoms with E-state index in [1.807, 2.05) is 5.64 Å². The van der Waals surface area contributed by atoms with E-state index in [1.54, 1.807) is 0 Å². The predicted molar refractivity (Wildman–Crippen MR) is 19.6 cm³/mol. The quantitative estimate of drug-likeness (QED) is 0.455. The van der Waals surface area contributed by atoms with E-state index in [-0.39, 0.29) is 19.2 Å². The molecule has 0 aliphatic carbocycles. The minimum atomic E-state index is -0.00694. The van der Waals surface area contributed by atoms with Crippen molar-refractivity contribution in [2.24, 2.45) is 0 Å². The second-order valence-corrected chi connectivity index (χ2v) is 0.604. The normalized spacial score (nSPS) is 20.6. The Morgan fingerprint density at radius 3 is 1.86 bits per heavy atom. The molecule has 0 unspecified atom stereocenters. The zero-order valence-corrected chi connectivity index (χ0v) is 4.06. The van der Waals surface area contributed by atoms with Crippen LogP contribution in [0.5, 0.6) is 0 Å². The number of nitrogens with one attached hydrogen (secondary N) is 1. The molecule has 0 aromatic heterocycles. The summed E-state index contributed by atoms with van der Waals surface area (Å²) in [6, 6.07) is 0. The molecule has 6 heteroatoms. The van der Waals surface area contributed by atoms with Gasteiger partial charge in [0.15, 0.2) is 0 Å². The minimum absolute atomic E-state index is 0. The average Bonchev–Trinajstić information content (AvgIpc) is 1.72. The van der Waals surface area contributed by atoms with Crippen LogP contribution in [0.4, 0.5) is 0 Å². The van der Waals surface area contributed by atoms with Crippen LogP contribution in [-0.4, -0.2) is 6.79 Å². The van der Waals surface area contributed by atoms with E-state index in [2.05, 4.69) is 19.8 Å². The molecule has 1 aliphatic heterocycles. The summed E-state index contributed by atoms with van der Waals surface area (Å²) in [5.41, 5.74) is 1.84. The maximum Gasteiger partial charge on any atom is 0.218 e. The fraction of sp³-hybridized carbons (Fsp3) is 1.00. The highest BCUT2D eigenvalue weighted by Crippen LogP contribution is 1.83. The zero-order valence-electron chi connectivity index (χ0n) is 3.25. The fourth-order valence-electron chi connectivity index (χ4n) is 0.130. The zero-order chi connectivity index (χ0) is 4.24. The molecule has 0 aromatic rings. The molecule has 0 spiro atoms. The van der Waals surface area contributed by atoms with Crippen LogP contribution >= 0.6 is 12.4 Å². The molecule has 1 aliphatic rings. The molecule has 1 fully saturated rings. The van der Waals surface area contributed by atoms with Crippen LogP contribution in [0.1, 0.15) is 0 Å². The highest BCUT2D eigenvalue weighted by molar-refractivity contribution is 5.85. The van der Waals surface area contributed by atoms with Crippen molar-refractivity contribution in [2.45, 2.75) is 0 Å². The van der Waals surface area contributed by atoms with Crippen LogP contribution in [0, 0.1) is 0 Å². The van der Waals surface area contributed by atoms with Crippen LogP contribution in [0.2, 0.25) is 0 Å². The molecule has 0 bridgehead atoms. The fourth-order valence-corrected chi connectivity index (χ4v) is 0.130. The molecule has 7 heavy (non-hydrogen) atoms.